The van der Waals surface area contributed by atoms with Crippen LogP contribution in [0.15, 0.2) is 18.2 Å². The van der Waals surface area contributed by atoms with Crippen LogP contribution in [-0.2, 0) is 11.2 Å². The van der Waals surface area contributed by atoms with Gasteiger partial charge in [-0.05, 0) is 30.7 Å². The van der Waals surface area contributed by atoms with Crippen LogP contribution in [0.4, 0.5) is 0 Å². The van der Waals surface area contributed by atoms with E-state index in [-0.39, 0.29) is 18.4 Å². The fourth-order valence-corrected chi connectivity index (χ4v) is 1.54. The molecule has 1 unspecified atom stereocenters. The Balaban J connectivity index is 2.63. The van der Waals surface area contributed by atoms with Gasteiger partial charge >= 0.3 is 0 Å². The maximum absolute atomic E-state index is 10.8. The van der Waals surface area contributed by atoms with Crippen LogP contribution in [0.2, 0.25) is 5.02 Å². The third kappa shape index (κ3) is 4.24. The summed E-state index contributed by atoms with van der Waals surface area (Å²) >= 11 is 6.05. The Bertz CT molecular complexity index is 396. The second-order valence-corrected chi connectivity index (χ2v) is 4.33. The summed E-state index contributed by atoms with van der Waals surface area (Å²) in [4.78, 5) is 10.8. The van der Waals surface area contributed by atoms with Crippen LogP contribution in [0.25, 0.3) is 0 Å². The smallest absolute Gasteiger partial charge is 0.223 e. The molecular weight excluding hydrogens is 240 g/mol. The van der Waals surface area contributed by atoms with E-state index in [0.717, 1.165) is 12.0 Å². The molecule has 0 spiro atoms. The van der Waals surface area contributed by atoms with Crippen molar-refractivity contribution >= 4 is 17.5 Å². The summed E-state index contributed by atoms with van der Waals surface area (Å²) in [6, 6.07) is 5.50. The van der Waals surface area contributed by atoms with Crippen molar-refractivity contribution in [1.82, 2.24) is 0 Å². The zero-order valence-corrected chi connectivity index (χ0v) is 10.5. The molecule has 0 saturated heterocycles. The van der Waals surface area contributed by atoms with Gasteiger partial charge in [0.05, 0.1) is 17.5 Å². The quantitative estimate of drug-likeness (QED) is 0.806. The average Bonchev–Trinajstić information content (AvgIpc) is 2.27. The number of carbonyl (C=O) groups excluding carboxylic acids is 1. The molecule has 1 atom stereocenters. The van der Waals surface area contributed by atoms with Gasteiger partial charge in [-0.15, -0.1) is 0 Å². The van der Waals surface area contributed by atoms with Crippen molar-refractivity contribution in [3.8, 4) is 5.75 Å². The summed E-state index contributed by atoms with van der Waals surface area (Å²) < 4.78 is 5.43. The van der Waals surface area contributed by atoms with Gasteiger partial charge in [0.1, 0.15) is 5.75 Å². The summed E-state index contributed by atoms with van der Waals surface area (Å²) in [5.74, 6) is -0.170. The zero-order chi connectivity index (χ0) is 12.8. The molecule has 0 fully saturated rings. The molecule has 0 aromatic heterocycles. The molecule has 0 radical (unpaired) electrons. The van der Waals surface area contributed by atoms with E-state index >= 15 is 0 Å². The summed E-state index contributed by atoms with van der Waals surface area (Å²) in [6.45, 7) is 2.51. The molecule has 94 valence electrons. The molecule has 1 amide bonds. The van der Waals surface area contributed by atoms with Crippen molar-refractivity contribution in [2.45, 2.75) is 13.3 Å². The Morgan fingerprint density at radius 3 is 2.76 bits per heavy atom. The van der Waals surface area contributed by atoms with E-state index in [0.29, 0.717) is 17.3 Å². The number of primary amides is 1. The monoisotopic (exact) mass is 256 g/mol. The van der Waals surface area contributed by atoms with Crippen molar-refractivity contribution in [1.29, 1.82) is 0 Å². The van der Waals surface area contributed by atoms with Gasteiger partial charge < -0.3 is 16.2 Å². The molecule has 0 aliphatic rings. The SMILES string of the molecule is CC(COc1ccc(CCN)cc1Cl)C(N)=O. The van der Waals surface area contributed by atoms with E-state index in [2.05, 4.69) is 0 Å². The number of benzene rings is 1. The van der Waals surface area contributed by atoms with Crippen LogP contribution in [0.5, 0.6) is 5.75 Å². The molecule has 0 heterocycles. The molecule has 4 N–H and O–H groups in total. The Hall–Kier alpha value is -1.26. The van der Waals surface area contributed by atoms with Gasteiger partial charge in [-0.25, -0.2) is 0 Å². The number of amides is 1. The van der Waals surface area contributed by atoms with Gasteiger partial charge in [-0.2, -0.15) is 0 Å². The minimum atomic E-state index is -0.388. The van der Waals surface area contributed by atoms with Gasteiger partial charge in [0.2, 0.25) is 5.91 Å². The fraction of sp³-hybridized carbons (Fsp3) is 0.417. The average molecular weight is 257 g/mol. The van der Waals surface area contributed by atoms with E-state index in [1.54, 1.807) is 13.0 Å². The molecule has 4 nitrogen and oxygen atoms in total. The minimum absolute atomic E-state index is 0.227. The van der Waals surface area contributed by atoms with E-state index in [1.807, 2.05) is 12.1 Å². The highest BCUT2D eigenvalue weighted by Crippen LogP contribution is 2.26. The van der Waals surface area contributed by atoms with Crippen LogP contribution < -0.4 is 16.2 Å². The maximum Gasteiger partial charge on any atom is 0.223 e. The first-order valence-electron chi connectivity index (χ1n) is 5.45. The Morgan fingerprint density at radius 2 is 2.24 bits per heavy atom. The first-order chi connectivity index (χ1) is 8.04. The highest BCUT2D eigenvalue weighted by atomic mass is 35.5. The lowest BCUT2D eigenvalue weighted by molar-refractivity contribution is -0.122. The summed E-state index contributed by atoms with van der Waals surface area (Å²) in [7, 11) is 0. The highest BCUT2D eigenvalue weighted by molar-refractivity contribution is 6.32. The first-order valence-corrected chi connectivity index (χ1v) is 5.83. The number of halogens is 1. The number of hydrogen-bond donors (Lipinski definition) is 2. The van der Waals surface area contributed by atoms with Crippen molar-refractivity contribution in [2.24, 2.45) is 17.4 Å². The molecule has 1 rings (SSSR count). The Labute approximate surface area is 106 Å². The number of rotatable bonds is 6. The van der Waals surface area contributed by atoms with Crippen molar-refractivity contribution in [2.75, 3.05) is 13.2 Å². The highest BCUT2D eigenvalue weighted by Gasteiger charge is 2.10. The zero-order valence-electron chi connectivity index (χ0n) is 9.78. The Morgan fingerprint density at radius 1 is 1.53 bits per heavy atom. The second kappa shape index (κ2) is 6.47. The van der Waals surface area contributed by atoms with Gasteiger partial charge in [0.25, 0.3) is 0 Å². The van der Waals surface area contributed by atoms with E-state index in [1.165, 1.54) is 0 Å². The predicted octanol–water partition coefficient (Wildman–Crippen LogP) is 1.34. The van der Waals surface area contributed by atoms with E-state index in [9.17, 15) is 4.79 Å². The molecule has 5 heteroatoms. The largest absolute Gasteiger partial charge is 0.491 e. The summed E-state index contributed by atoms with van der Waals surface area (Å²) in [5.41, 5.74) is 11.7. The lowest BCUT2D eigenvalue weighted by atomic mass is 10.1. The fourth-order valence-electron chi connectivity index (χ4n) is 1.28. The van der Waals surface area contributed by atoms with Gasteiger partial charge in [0, 0.05) is 0 Å². The van der Waals surface area contributed by atoms with Crippen molar-refractivity contribution < 1.29 is 9.53 Å². The molecule has 1 aromatic carbocycles. The number of hydrogen-bond acceptors (Lipinski definition) is 3. The summed E-state index contributed by atoms with van der Waals surface area (Å²) in [6.07, 6.45) is 0.775. The predicted molar refractivity (Wildman–Crippen MR) is 68.1 cm³/mol. The standard InChI is InChI=1S/C12H17ClN2O2/c1-8(12(15)16)7-17-11-3-2-9(4-5-14)6-10(11)13/h2-3,6,8H,4-5,7,14H2,1H3,(H2,15,16). The van der Waals surface area contributed by atoms with Crippen LogP contribution in [-0.4, -0.2) is 19.1 Å². The van der Waals surface area contributed by atoms with Gasteiger partial charge in [0.15, 0.2) is 0 Å². The van der Waals surface area contributed by atoms with Gasteiger partial charge in [-0.1, -0.05) is 24.6 Å². The second-order valence-electron chi connectivity index (χ2n) is 3.92. The van der Waals surface area contributed by atoms with Crippen LogP contribution in [0, 0.1) is 5.92 Å². The van der Waals surface area contributed by atoms with Crippen molar-refractivity contribution in [3.05, 3.63) is 28.8 Å². The third-order valence-electron chi connectivity index (χ3n) is 2.40. The lowest BCUT2D eigenvalue weighted by Gasteiger charge is -2.12. The molecule has 0 bridgehead atoms. The van der Waals surface area contributed by atoms with E-state index in [4.69, 9.17) is 27.8 Å². The number of carbonyl (C=O) groups is 1. The Kier molecular flexibility index (Phi) is 5.25. The molecule has 17 heavy (non-hydrogen) atoms. The van der Waals surface area contributed by atoms with Crippen molar-refractivity contribution in [3.63, 3.8) is 0 Å². The molecule has 1 aromatic rings. The molecular formula is C12H17ClN2O2. The lowest BCUT2D eigenvalue weighted by Crippen LogP contribution is -2.25. The van der Waals surface area contributed by atoms with Crippen LogP contribution >= 0.6 is 11.6 Å². The normalized spacial score (nSPS) is 12.2. The molecule has 0 aliphatic heterocycles. The number of nitrogens with two attached hydrogens (primary N) is 2. The van der Waals surface area contributed by atoms with Gasteiger partial charge in [-0.3, -0.25) is 4.79 Å². The summed E-state index contributed by atoms with van der Waals surface area (Å²) in [5, 5.41) is 0.521. The van der Waals surface area contributed by atoms with E-state index < -0.39 is 0 Å². The topological polar surface area (TPSA) is 78.3 Å². The third-order valence-corrected chi connectivity index (χ3v) is 2.70. The molecule has 0 saturated carbocycles. The van der Waals surface area contributed by atoms with Crippen LogP contribution in [0.3, 0.4) is 0 Å². The minimum Gasteiger partial charge on any atom is -0.491 e. The van der Waals surface area contributed by atoms with Crippen LogP contribution in [0.1, 0.15) is 12.5 Å². The first kappa shape index (κ1) is 13.8. The number of ether oxygens (including phenoxy) is 1. The maximum atomic E-state index is 10.8. The molecule has 0 aliphatic carbocycles.